The Bertz CT molecular complexity index is 1100. The molecule has 2 aromatic carbocycles. The number of hydrogen-bond acceptors (Lipinski definition) is 6. The average Bonchev–Trinajstić information content (AvgIpc) is 3.06. The number of aromatic nitrogens is 2. The van der Waals surface area contributed by atoms with Crippen LogP contribution in [-0.2, 0) is 23.1 Å². The van der Waals surface area contributed by atoms with Crippen molar-refractivity contribution >= 4 is 16.0 Å². The van der Waals surface area contributed by atoms with Gasteiger partial charge in [-0.15, -0.1) is 0 Å². The first-order chi connectivity index (χ1) is 12.9. The Labute approximate surface area is 157 Å². The molecule has 0 spiro atoms. The topological polar surface area (TPSA) is 98.4 Å². The summed E-state index contributed by atoms with van der Waals surface area (Å²) in [7, 11) is -3.65. The molecular weight excluding hydrogens is 364 g/mol. The molecule has 0 fully saturated rings. The first-order valence-electron chi connectivity index (χ1n) is 8.37. The minimum Gasteiger partial charge on any atom is -0.457 e. The number of aryl methyl sites for hydroxylation is 1. The number of ether oxygens (including phenoxy) is 1. The molecule has 8 heteroatoms. The van der Waals surface area contributed by atoms with Gasteiger partial charge >= 0.3 is 0 Å². The first-order valence-corrected chi connectivity index (χ1v) is 9.81. The number of nitrogens with zero attached hydrogens (tertiary/aromatic N) is 3. The molecule has 27 heavy (non-hydrogen) atoms. The fraction of sp³-hybridized carbons (Fsp3) is 0.158. The molecule has 1 aliphatic heterocycles. The molecule has 2 heterocycles. The van der Waals surface area contributed by atoms with Gasteiger partial charge in [0.15, 0.2) is 0 Å². The molecule has 0 aliphatic carbocycles. The van der Waals surface area contributed by atoms with Crippen LogP contribution in [0.2, 0.25) is 0 Å². The fourth-order valence-electron chi connectivity index (χ4n) is 2.95. The van der Waals surface area contributed by atoms with Crippen molar-refractivity contribution in [2.75, 3.05) is 5.73 Å². The Kier molecular flexibility index (Phi) is 4.29. The van der Waals surface area contributed by atoms with Gasteiger partial charge in [-0.1, -0.05) is 12.1 Å². The van der Waals surface area contributed by atoms with Gasteiger partial charge in [0.25, 0.3) is 0 Å². The molecule has 0 radical (unpaired) electrons. The van der Waals surface area contributed by atoms with Gasteiger partial charge in [-0.2, -0.15) is 4.31 Å². The lowest BCUT2D eigenvalue weighted by Crippen LogP contribution is -2.25. The number of nitrogen functional groups attached to an aromatic ring is 1. The summed E-state index contributed by atoms with van der Waals surface area (Å²) < 4.78 is 33.0. The first kappa shape index (κ1) is 17.4. The van der Waals surface area contributed by atoms with E-state index in [9.17, 15) is 8.42 Å². The zero-order valence-electron chi connectivity index (χ0n) is 14.7. The van der Waals surface area contributed by atoms with Crippen LogP contribution in [0.1, 0.15) is 16.8 Å². The fourth-order valence-corrected chi connectivity index (χ4v) is 4.33. The molecule has 4 rings (SSSR count). The third-order valence-corrected chi connectivity index (χ3v) is 6.14. The van der Waals surface area contributed by atoms with E-state index in [0.717, 1.165) is 11.1 Å². The minimum atomic E-state index is -3.65. The Morgan fingerprint density at radius 2 is 1.85 bits per heavy atom. The molecule has 0 atom stereocenters. The van der Waals surface area contributed by atoms with Crippen LogP contribution in [0.5, 0.6) is 11.5 Å². The second kappa shape index (κ2) is 6.64. The lowest BCUT2D eigenvalue weighted by molar-refractivity contribution is 0.429. The maximum Gasteiger partial charge on any atom is 0.243 e. The highest BCUT2D eigenvalue weighted by Gasteiger charge is 2.31. The van der Waals surface area contributed by atoms with Crippen LogP contribution in [0.3, 0.4) is 0 Å². The number of sulfonamides is 1. The van der Waals surface area contributed by atoms with Gasteiger partial charge in [-0.05, 0) is 48.9 Å². The van der Waals surface area contributed by atoms with Crippen molar-refractivity contribution in [3.05, 3.63) is 71.5 Å². The van der Waals surface area contributed by atoms with Gasteiger partial charge in [0, 0.05) is 18.3 Å². The van der Waals surface area contributed by atoms with Crippen LogP contribution in [0.4, 0.5) is 5.95 Å². The zero-order chi connectivity index (χ0) is 19.0. The van der Waals surface area contributed by atoms with E-state index in [0.29, 0.717) is 17.2 Å². The summed E-state index contributed by atoms with van der Waals surface area (Å²) in [5.41, 5.74) is 8.08. The molecule has 0 amide bonds. The van der Waals surface area contributed by atoms with Crippen LogP contribution in [0.25, 0.3) is 0 Å². The number of rotatable bonds is 4. The van der Waals surface area contributed by atoms with Crippen LogP contribution in [-0.4, -0.2) is 22.7 Å². The number of hydrogen-bond donors (Lipinski definition) is 1. The SMILES string of the molecule is Cc1cccc(Oc2ccc(S(=O)(=O)N3Cc4cnc(N)nc4C3)cc2)c1. The van der Waals surface area contributed by atoms with E-state index in [1.165, 1.54) is 4.31 Å². The quantitative estimate of drug-likeness (QED) is 0.745. The highest BCUT2D eigenvalue weighted by molar-refractivity contribution is 7.89. The third-order valence-electron chi connectivity index (χ3n) is 4.33. The molecule has 138 valence electrons. The number of benzene rings is 2. The van der Waals surface area contributed by atoms with E-state index in [4.69, 9.17) is 10.5 Å². The molecule has 0 bridgehead atoms. The van der Waals surface area contributed by atoms with Crippen molar-refractivity contribution in [1.29, 1.82) is 0 Å². The number of fused-ring (bicyclic) bond motifs is 1. The van der Waals surface area contributed by atoms with Crippen LogP contribution >= 0.6 is 0 Å². The molecule has 0 saturated heterocycles. The van der Waals surface area contributed by atoms with E-state index in [1.54, 1.807) is 30.5 Å². The smallest absolute Gasteiger partial charge is 0.243 e. The standard InChI is InChI=1S/C19H18N4O3S/c1-13-3-2-4-16(9-13)26-15-5-7-17(8-6-15)27(24,25)23-11-14-10-21-19(20)22-18(14)12-23/h2-10H,11-12H2,1H3,(H2,20,21,22). The van der Waals surface area contributed by atoms with Crippen molar-refractivity contribution in [1.82, 2.24) is 14.3 Å². The van der Waals surface area contributed by atoms with Crippen molar-refractivity contribution < 1.29 is 13.2 Å². The molecule has 2 N–H and O–H groups in total. The summed E-state index contributed by atoms with van der Waals surface area (Å²) in [5, 5.41) is 0. The summed E-state index contributed by atoms with van der Waals surface area (Å²) in [6, 6.07) is 14.0. The number of nitrogens with two attached hydrogens (primary N) is 1. The minimum absolute atomic E-state index is 0.144. The average molecular weight is 382 g/mol. The lowest BCUT2D eigenvalue weighted by Gasteiger charge is -2.15. The van der Waals surface area contributed by atoms with E-state index >= 15 is 0 Å². The second-order valence-corrected chi connectivity index (χ2v) is 8.30. The summed E-state index contributed by atoms with van der Waals surface area (Å²) >= 11 is 0. The highest BCUT2D eigenvalue weighted by Crippen LogP contribution is 2.29. The third kappa shape index (κ3) is 3.49. The van der Waals surface area contributed by atoms with Crippen molar-refractivity contribution in [2.24, 2.45) is 0 Å². The summed E-state index contributed by atoms with van der Waals surface area (Å²) in [6.07, 6.45) is 1.58. The van der Waals surface area contributed by atoms with Gasteiger partial charge in [0.05, 0.1) is 17.1 Å². The monoisotopic (exact) mass is 382 g/mol. The molecule has 7 nitrogen and oxygen atoms in total. The van der Waals surface area contributed by atoms with E-state index < -0.39 is 10.0 Å². The van der Waals surface area contributed by atoms with Gasteiger partial charge in [0.1, 0.15) is 11.5 Å². The summed E-state index contributed by atoms with van der Waals surface area (Å²) in [6.45, 7) is 2.40. The molecular formula is C19H18N4O3S. The molecule has 0 saturated carbocycles. The van der Waals surface area contributed by atoms with Gasteiger partial charge in [-0.25, -0.2) is 18.4 Å². The van der Waals surface area contributed by atoms with Gasteiger partial charge in [-0.3, -0.25) is 0 Å². The lowest BCUT2D eigenvalue weighted by atomic mass is 10.2. The normalized spacial score (nSPS) is 14.1. The van der Waals surface area contributed by atoms with Crippen LogP contribution < -0.4 is 10.5 Å². The molecule has 3 aromatic rings. The molecule has 0 unspecified atom stereocenters. The molecule has 1 aliphatic rings. The predicted molar refractivity (Wildman–Crippen MR) is 101 cm³/mol. The molecule has 1 aromatic heterocycles. The van der Waals surface area contributed by atoms with Gasteiger partial charge in [0.2, 0.25) is 16.0 Å². The predicted octanol–water partition coefficient (Wildman–Crippen LogP) is 2.86. The zero-order valence-corrected chi connectivity index (χ0v) is 15.5. The summed E-state index contributed by atoms with van der Waals surface area (Å²) in [5.74, 6) is 1.42. The maximum absolute atomic E-state index is 12.9. The summed E-state index contributed by atoms with van der Waals surface area (Å²) in [4.78, 5) is 8.25. The van der Waals surface area contributed by atoms with Crippen LogP contribution in [0.15, 0.2) is 59.6 Å². The van der Waals surface area contributed by atoms with E-state index in [2.05, 4.69) is 9.97 Å². The van der Waals surface area contributed by atoms with Crippen LogP contribution in [0, 0.1) is 6.92 Å². The van der Waals surface area contributed by atoms with Crippen molar-refractivity contribution in [2.45, 2.75) is 24.9 Å². The maximum atomic E-state index is 12.9. The van der Waals surface area contributed by atoms with E-state index in [-0.39, 0.29) is 23.9 Å². The van der Waals surface area contributed by atoms with E-state index in [1.807, 2.05) is 31.2 Å². The van der Waals surface area contributed by atoms with Gasteiger partial charge < -0.3 is 10.5 Å². The van der Waals surface area contributed by atoms with Crippen molar-refractivity contribution in [3.63, 3.8) is 0 Å². The highest BCUT2D eigenvalue weighted by atomic mass is 32.2. The Morgan fingerprint density at radius 1 is 1.07 bits per heavy atom. The Balaban J connectivity index is 1.53. The second-order valence-electron chi connectivity index (χ2n) is 6.36. The Hall–Kier alpha value is -2.97. The largest absolute Gasteiger partial charge is 0.457 e. The Morgan fingerprint density at radius 3 is 2.59 bits per heavy atom. The number of anilines is 1. The van der Waals surface area contributed by atoms with Crippen molar-refractivity contribution in [3.8, 4) is 11.5 Å².